The molecule has 0 saturated heterocycles. The van der Waals surface area contributed by atoms with Crippen LogP contribution in [-0.4, -0.2) is 27.3 Å². The van der Waals surface area contributed by atoms with E-state index in [1.807, 2.05) is 11.7 Å². The van der Waals surface area contributed by atoms with E-state index in [1.165, 1.54) is 0 Å². The third kappa shape index (κ3) is 2.51. The van der Waals surface area contributed by atoms with E-state index in [-0.39, 0.29) is 6.04 Å². The van der Waals surface area contributed by atoms with Crippen LogP contribution in [0.2, 0.25) is 0 Å². The average Bonchev–Trinajstić information content (AvgIpc) is 2.64. The minimum absolute atomic E-state index is 0.203. The Labute approximate surface area is 84.9 Å². The van der Waals surface area contributed by atoms with E-state index in [1.54, 1.807) is 0 Å². The number of hydrogen-bond donors (Lipinski definition) is 1. The molecule has 1 rings (SSSR count). The number of hydrogen-bond acceptors (Lipinski definition) is 4. The fourth-order valence-electron chi connectivity index (χ4n) is 1.21. The van der Waals surface area contributed by atoms with Crippen molar-refractivity contribution in [2.45, 2.75) is 39.8 Å². The molecule has 5 heteroatoms. The molecule has 80 valence electrons. The Kier molecular flexibility index (Phi) is 4.00. The Morgan fingerprint density at radius 3 is 2.71 bits per heavy atom. The Morgan fingerprint density at radius 1 is 1.43 bits per heavy atom. The van der Waals surface area contributed by atoms with Crippen molar-refractivity contribution >= 4 is 0 Å². The van der Waals surface area contributed by atoms with Gasteiger partial charge in [-0.25, -0.2) is 4.68 Å². The van der Waals surface area contributed by atoms with Gasteiger partial charge in [-0.3, -0.25) is 0 Å². The maximum atomic E-state index is 4.01. The van der Waals surface area contributed by atoms with Crippen molar-refractivity contribution in [1.82, 2.24) is 25.5 Å². The van der Waals surface area contributed by atoms with Gasteiger partial charge in [0.15, 0.2) is 5.82 Å². The van der Waals surface area contributed by atoms with Crippen molar-refractivity contribution in [1.29, 1.82) is 0 Å². The predicted octanol–water partition coefficient (Wildman–Crippen LogP) is 1.000. The van der Waals surface area contributed by atoms with Crippen LogP contribution in [0.1, 0.15) is 39.1 Å². The van der Waals surface area contributed by atoms with Gasteiger partial charge in [-0.2, -0.15) is 0 Å². The van der Waals surface area contributed by atoms with Gasteiger partial charge in [-0.05, 0) is 30.3 Å². The third-order valence-electron chi connectivity index (χ3n) is 2.56. The highest BCUT2D eigenvalue weighted by atomic mass is 15.5. The number of aromatic nitrogens is 4. The van der Waals surface area contributed by atoms with Crippen molar-refractivity contribution in [3.8, 4) is 0 Å². The molecule has 0 bridgehead atoms. The summed E-state index contributed by atoms with van der Waals surface area (Å²) in [6.07, 6.45) is 1.15. The minimum Gasteiger partial charge on any atom is -0.311 e. The molecule has 2 atom stereocenters. The fraction of sp³-hybridized carbons (Fsp3) is 0.889. The number of nitrogens with zero attached hydrogens (tertiary/aromatic N) is 4. The Bertz CT molecular complexity index is 270. The standard InChI is InChI=1S/C9H19N5/c1-5-7(2)6-14-9(8(3)10-4)11-12-13-14/h7-8,10H,5-6H2,1-4H3. The lowest BCUT2D eigenvalue weighted by Gasteiger charge is -2.13. The molecule has 2 unspecified atom stereocenters. The van der Waals surface area contributed by atoms with E-state index in [0.717, 1.165) is 18.8 Å². The zero-order valence-corrected chi connectivity index (χ0v) is 9.36. The number of tetrazole rings is 1. The summed E-state index contributed by atoms with van der Waals surface area (Å²) in [7, 11) is 1.91. The third-order valence-corrected chi connectivity index (χ3v) is 2.56. The predicted molar refractivity (Wildman–Crippen MR) is 54.7 cm³/mol. The second kappa shape index (κ2) is 5.05. The van der Waals surface area contributed by atoms with Crippen molar-refractivity contribution < 1.29 is 0 Å². The van der Waals surface area contributed by atoms with Gasteiger partial charge in [-0.15, -0.1) is 5.10 Å². The van der Waals surface area contributed by atoms with Gasteiger partial charge in [0.25, 0.3) is 0 Å². The molecule has 0 aliphatic carbocycles. The van der Waals surface area contributed by atoms with Gasteiger partial charge < -0.3 is 5.32 Å². The molecule has 0 fully saturated rings. The molecule has 5 nitrogen and oxygen atoms in total. The molecule has 14 heavy (non-hydrogen) atoms. The summed E-state index contributed by atoms with van der Waals surface area (Å²) in [5.41, 5.74) is 0. The van der Waals surface area contributed by atoms with Crippen LogP contribution in [0.25, 0.3) is 0 Å². The zero-order chi connectivity index (χ0) is 10.6. The second-order valence-corrected chi connectivity index (χ2v) is 3.74. The molecule has 1 aromatic heterocycles. The first-order valence-electron chi connectivity index (χ1n) is 5.12. The van der Waals surface area contributed by atoms with Crippen molar-refractivity contribution in [2.75, 3.05) is 7.05 Å². The van der Waals surface area contributed by atoms with E-state index < -0.39 is 0 Å². The second-order valence-electron chi connectivity index (χ2n) is 3.74. The summed E-state index contributed by atoms with van der Waals surface area (Å²) in [5.74, 6) is 1.52. The Hall–Kier alpha value is -0.970. The highest BCUT2D eigenvalue weighted by molar-refractivity contribution is 4.88. The molecule has 0 aliphatic rings. The lowest BCUT2D eigenvalue weighted by Crippen LogP contribution is -2.20. The molecule has 0 saturated carbocycles. The van der Waals surface area contributed by atoms with Gasteiger partial charge in [0.05, 0.1) is 6.04 Å². The summed E-state index contributed by atoms with van der Waals surface area (Å²) in [6.45, 7) is 7.33. The Morgan fingerprint density at radius 2 is 2.14 bits per heavy atom. The molecule has 0 radical (unpaired) electrons. The molecule has 0 amide bonds. The van der Waals surface area contributed by atoms with Crippen LogP contribution in [-0.2, 0) is 6.54 Å². The van der Waals surface area contributed by atoms with Crippen LogP contribution < -0.4 is 5.32 Å². The maximum Gasteiger partial charge on any atom is 0.167 e. The van der Waals surface area contributed by atoms with E-state index >= 15 is 0 Å². The van der Waals surface area contributed by atoms with Crippen LogP contribution in [0.4, 0.5) is 0 Å². The summed E-state index contributed by atoms with van der Waals surface area (Å²) < 4.78 is 1.88. The van der Waals surface area contributed by atoms with E-state index in [2.05, 4.69) is 41.6 Å². The lowest BCUT2D eigenvalue weighted by atomic mass is 10.1. The van der Waals surface area contributed by atoms with E-state index in [4.69, 9.17) is 0 Å². The first kappa shape index (κ1) is 11.1. The average molecular weight is 197 g/mol. The minimum atomic E-state index is 0.203. The molecule has 1 heterocycles. The Balaban J connectivity index is 2.72. The molecule has 0 aromatic carbocycles. The highest BCUT2D eigenvalue weighted by Crippen LogP contribution is 2.10. The maximum absolute atomic E-state index is 4.01. The topological polar surface area (TPSA) is 55.6 Å². The fourth-order valence-corrected chi connectivity index (χ4v) is 1.21. The van der Waals surface area contributed by atoms with Crippen molar-refractivity contribution in [3.05, 3.63) is 5.82 Å². The summed E-state index contributed by atoms with van der Waals surface area (Å²) >= 11 is 0. The number of rotatable bonds is 5. The quantitative estimate of drug-likeness (QED) is 0.765. The molecule has 1 N–H and O–H groups in total. The highest BCUT2D eigenvalue weighted by Gasteiger charge is 2.13. The first-order valence-corrected chi connectivity index (χ1v) is 5.12. The normalized spacial score (nSPS) is 15.4. The molecule has 1 aromatic rings. The van der Waals surface area contributed by atoms with Gasteiger partial charge >= 0.3 is 0 Å². The van der Waals surface area contributed by atoms with Gasteiger partial charge in [0, 0.05) is 6.54 Å². The zero-order valence-electron chi connectivity index (χ0n) is 9.36. The van der Waals surface area contributed by atoms with Gasteiger partial charge in [0.1, 0.15) is 0 Å². The lowest BCUT2D eigenvalue weighted by molar-refractivity contribution is 0.407. The number of nitrogens with one attached hydrogen (secondary N) is 1. The van der Waals surface area contributed by atoms with Crippen LogP contribution in [0.5, 0.6) is 0 Å². The molecular formula is C9H19N5. The molecular weight excluding hydrogens is 178 g/mol. The summed E-state index contributed by atoms with van der Waals surface area (Å²) in [4.78, 5) is 0. The van der Waals surface area contributed by atoms with E-state index in [9.17, 15) is 0 Å². The largest absolute Gasteiger partial charge is 0.311 e. The smallest absolute Gasteiger partial charge is 0.167 e. The molecule has 0 spiro atoms. The van der Waals surface area contributed by atoms with Crippen LogP contribution in [0, 0.1) is 5.92 Å². The summed E-state index contributed by atoms with van der Waals surface area (Å²) in [6, 6.07) is 0.203. The van der Waals surface area contributed by atoms with Gasteiger partial charge in [-0.1, -0.05) is 20.3 Å². The van der Waals surface area contributed by atoms with Crippen molar-refractivity contribution in [2.24, 2.45) is 5.92 Å². The van der Waals surface area contributed by atoms with Crippen molar-refractivity contribution in [3.63, 3.8) is 0 Å². The summed E-state index contributed by atoms with van der Waals surface area (Å²) in [5, 5.41) is 14.8. The first-order chi connectivity index (χ1) is 6.69. The van der Waals surface area contributed by atoms with Crippen LogP contribution >= 0.6 is 0 Å². The van der Waals surface area contributed by atoms with Gasteiger partial charge in [0.2, 0.25) is 0 Å². The van der Waals surface area contributed by atoms with E-state index in [0.29, 0.717) is 5.92 Å². The SMILES string of the molecule is CCC(C)Cn1nnnc1C(C)NC. The molecule has 0 aliphatic heterocycles. The monoisotopic (exact) mass is 197 g/mol. The van der Waals surface area contributed by atoms with Crippen LogP contribution in [0.15, 0.2) is 0 Å². The van der Waals surface area contributed by atoms with Crippen LogP contribution in [0.3, 0.4) is 0 Å².